The second-order valence-electron chi connectivity index (χ2n) is 6.95. The van der Waals surface area contributed by atoms with Gasteiger partial charge in [-0.3, -0.25) is 4.99 Å². The van der Waals surface area contributed by atoms with E-state index in [1.165, 1.54) is 11.1 Å². The molecule has 0 saturated carbocycles. The molecule has 1 aromatic carbocycles. The molecular formula is C22H34N2O. The maximum atomic E-state index is 6.14. The second kappa shape index (κ2) is 10.4. The second-order valence-corrected chi connectivity index (χ2v) is 6.95. The topological polar surface area (TPSA) is 33.6 Å². The lowest BCUT2D eigenvalue weighted by Crippen LogP contribution is -2.37. The molecule has 1 unspecified atom stereocenters. The lowest BCUT2D eigenvalue weighted by atomic mass is 9.74. The summed E-state index contributed by atoms with van der Waals surface area (Å²) in [4.78, 5) is 4.85. The van der Waals surface area contributed by atoms with Gasteiger partial charge < -0.3 is 10.1 Å². The zero-order valence-corrected chi connectivity index (χ0v) is 16.3. The molecule has 3 heteroatoms. The van der Waals surface area contributed by atoms with Crippen LogP contribution in [0.15, 0.2) is 47.0 Å². The van der Waals surface area contributed by atoms with Crippen LogP contribution in [0.5, 0.6) is 0 Å². The Morgan fingerprint density at radius 3 is 2.64 bits per heavy atom. The van der Waals surface area contributed by atoms with Crippen LogP contribution in [0.1, 0.15) is 46.1 Å². The van der Waals surface area contributed by atoms with Gasteiger partial charge in [-0.05, 0) is 49.2 Å². The van der Waals surface area contributed by atoms with Crippen LogP contribution < -0.4 is 5.32 Å². The third-order valence-electron chi connectivity index (χ3n) is 5.14. The Morgan fingerprint density at radius 2 is 2.00 bits per heavy atom. The molecule has 0 amide bonds. The van der Waals surface area contributed by atoms with Gasteiger partial charge in [0.05, 0.1) is 0 Å². The molecular weight excluding hydrogens is 308 g/mol. The number of benzene rings is 1. The van der Waals surface area contributed by atoms with Gasteiger partial charge in [0.2, 0.25) is 5.90 Å². The highest BCUT2D eigenvalue weighted by atomic mass is 16.5. The van der Waals surface area contributed by atoms with Crippen molar-refractivity contribution in [3.05, 3.63) is 47.5 Å². The van der Waals surface area contributed by atoms with E-state index < -0.39 is 0 Å². The van der Waals surface area contributed by atoms with E-state index in [0.29, 0.717) is 24.4 Å². The van der Waals surface area contributed by atoms with Crippen molar-refractivity contribution in [2.75, 3.05) is 19.6 Å². The summed E-state index contributed by atoms with van der Waals surface area (Å²) in [6, 6.07) is 10.3. The number of rotatable bonds is 8. The van der Waals surface area contributed by atoms with Gasteiger partial charge in [-0.2, -0.15) is 0 Å². The van der Waals surface area contributed by atoms with Gasteiger partial charge in [0.15, 0.2) is 0 Å². The first-order valence-electron chi connectivity index (χ1n) is 9.83. The summed E-state index contributed by atoms with van der Waals surface area (Å²) in [6.45, 7) is 12.6. The third kappa shape index (κ3) is 5.43. The summed E-state index contributed by atoms with van der Waals surface area (Å²) >= 11 is 0. The zero-order valence-electron chi connectivity index (χ0n) is 16.3. The van der Waals surface area contributed by atoms with Crippen molar-refractivity contribution >= 4 is 5.90 Å². The Labute approximate surface area is 153 Å². The highest BCUT2D eigenvalue weighted by Crippen LogP contribution is 2.35. The molecule has 0 aliphatic carbocycles. The minimum absolute atomic E-state index is 0.539. The van der Waals surface area contributed by atoms with Crippen LogP contribution >= 0.6 is 0 Å². The summed E-state index contributed by atoms with van der Waals surface area (Å²) in [5.41, 5.74) is 2.51. The Kier molecular flexibility index (Phi) is 8.20. The van der Waals surface area contributed by atoms with E-state index in [4.69, 9.17) is 9.73 Å². The van der Waals surface area contributed by atoms with Gasteiger partial charge >= 0.3 is 0 Å². The highest BCUT2D eigenvalue weighted by molar-refractivity contribution is 5.94. The lowest BCUT2D eigenvalue weighted by Gasteiger charge is -2.36. The van der Waals surface area contributed by atoms with Gasteiger partial charge in [0.1, 0.15) is 6.61 Å². The van der Waals surface area contributed by atoms with Gasteiger partial charge in [0, 0.05) is 12.1 Å². The Hall–Kier alpha value is -1.61. The van der Waals surface area contributed by atoms with Crippen LogP contribution in [0.2, 0.25) is 0 Å². The van der Waals surface area contributed by atoms with E-state index in [1.807, 2.05) is 6.07 Å². The summed E-state index contributed by atoms with van der Waals surface area (Å²) in [5.74, 6) is 2.61. The molecule has 0 aromatic heterocycles. The average molecular weight is 343 g/mol. The van der Waals surface area contributed by atoms with Crippen LogP contribution in [-0.4, -0.2) is 25.5 Å². The van der Waals surface area contributed by atoms with Crippen molar-refractivity contribution in [3.63, 3.8) is 0 Å². The fraction of sp³-hybridized carbons (Fsp3) is 0.591. The molecule has 0 fully saturated rings. The van der Waals surface area contributed by atoms with Crippen LogP contribution in [0, 0.1) is 17.8 Å². The molecule has 138 valence electrons. The molecule has 3 nitrogen and oxygen atoms in total. The predicted octanol–water partition coefficient (Wildman–Crippen LogP) is 4.84. The van der Waals surface area contributed by atoms with E-state index in [9.17, 15) is 0 Å². The molecule has 25 heavy (non-hydrogen) atoms. The first kappa shape index (κ1) is 19.7. The van der Waals surface area contributed by atoms with Crippen molar-refractivity contribution in [2.45, 2.75) is 47.1 Å². The monoisotopic (exact) mass is 342 g/mol. The number of nitrogens with zero attached hydrogens (tertiary/aromatic N) is 1. The maximum Gasteiger partial charge on any atom is 0.212 e. The smallest absolute Gasteiger partial charge is 0.212 e. The summed E-state index contributed by atoms with van der Waals surface area (Å²) in [5, 5.41) is 3.50. The van der Waals surface area contributed by atoms with Crippen molar-refractivity contribution in [2.24, 2.45) is 22.7 Å². The number of allylic oxidation sites excluding steroid dienone is 1. The van der Waals surface area contributed by atoms with Crippen molar-refractivity contribution < 1.29 is 4.74 Å². The Balaban J connectivity index is 2.13. The lowest BCUT2D eigenvalue weighted by molar-refractivity contribution is 0.231. The van der Waals surface area contributed by atoms with Gasteiger partial charge in [-0.1, -0.05) is 64.1 Å². The normalized spacial score (nSPS) is 23.4. The Bertz CT molecular complexity index is 565. The minimum Gasteiger partial charge on any atom is -0.473 e. The molecule has 1 aliphatic rings. The molecule has 0 radical (unpaired) electrons. The van der Waals surface area contributed by atoms with Crippen LogP contribution in [0.25, 0.3) is 0 Å². The number of hydrogen-bond donors (Lipinski definition) is 1. The Morgan fingerprint density at radius 1 is 1.24 bits per heavy atom. The molecule has 0 spiro atoms. The quantitative estimate of drug-likeness (QED) is 0.733. The SMILES string of the molecule is CC/C=C1/C(OCc2ccccc2)=NC[C@@H]([C@@H](C)CNCC)C1CC. The fourth-order valence-corrected chi connectivity index (χ4v) is 3.73. The number of ether oxygens (including phenoxy) is 1. The van der Waals surface area contributed by atoms with Gasteiger partial charge in [0.25, 0.3) is 0 Å². The van der Waals surface area contributed by atoms with Crippen LogP contribution in [0.3, 0.4) is 0 Å². The summed E-state index contributed by atoms with van der Waals surface area (Å²) in [6.07, 6.45) is 4.48. The average Bonchev–Trinajstić information content (AvgIpc) is 2.65. The first-order valence-corrected chi connectivity index (χ1v) is 9.83. The number of nitrogens with one attached hydrogen (secondary N) is 1. The van der Waals surface area contributed by atoms with E-state index >= 15 is 0 Å². The van der Waals surface area contributed by atoms with Crippen molar-refractivity contribution in [3.8, 4) is 0 Å². The largest absolute Gasteiger partial charge is 0.473 e. The van der Waals surface area contributed by atoms with Crippen LogP contribution in [-0.2, 0) is 11.3 Å². The maximum absolute atomic E-state index is 6.14. The van der Waals surface area contributed by atoms with Gasteiger partial charge in [-0.25, -0.2) is 0 Å². The zero-order chi connectivity index (χ0) is 18.1. The fourth-order valence-electron chi connectivity index (χ4n) is 3.73. The molecule has 2 rings (SSSR count). The van der Waals surface area contributed by atoms with E-state index in [-0.39, 0.29) is 0 Å². The summed E-state index contributed by atoms with van der Waals surface area (Å²) in [7, 11) is 0. The van der Waals surface area contributed by atoms with Crippen LogP contribution in [0.4, 0.5) is 0 Å². The van der Waals surface area contributed by atoms with E-state index in [2.05, 4.69) is 63.4 Å². The standard InChI is InChI=1S/C22H34N2O/c1-5-11-20-19(6-2)21(17(4)14-23-7-3)15-24-22(20)25-16-18-12-9-8-10-13-18/h8-13,17,19,21,23H,5-7,14-16H2,1-4H3/b20-11+/t17-,19?,21-/m0/s1. The summed E-state index contributed by atoms with van der Waals surface area (Å²) < 4.78 is 6.14. The van der Waals surface area contributed by atoms with E-state index in [0.717, 1.165) is 38.4 Å². The molecule has 1 heterocycles. The molecule has 0 saturated heterocycles. The molecule has 0 bridgehead atoms. The van der Waals surface area contributed by atoms with E-state index in [1.54, 1.807) is 0 Å². The number of aliphatic imine (C=N–C) groups is 1. The molecule has 1 N–H and O–H groups in total. The number of hydrogen-bond acceptors (Lipinski definition) is 3. The third-order valence-corrected chi connectivity index (χ3v) is 5.14. The first-order chi connectivity index (χ1) is 12.2. The minimum atomic E-state index is 0.539. The van der Waals surface area contributed by atoms with Gasteiger partial charge in [-0.15, -0.1) is 0 Å². The molecule has 1 aromatic rings. The highest BCUT2D eigenvalue weighted by Gasteiger charge is 2.34. The van der Waals surface area contributed by atoms with Crippen molar-refractivity contribution in [1.29, 1.82) is 0 Å². The predicted molar refractivity (Wildman–Crippen MR) is 107 cm³/mol. The van der Waals surface area contributed by atoms with Crippen molar-refractivity contribution in [1.82, 2.24) is 5.32 Å². The molecule has 3 atom stereocenters. The molecule has 1 aliphatic heterocycles.